The van der Waals surface area contributed by atoms with Crippen LogP contribution in [0.15, 0.2) is 97.2 Å². The molecule has 0 saturated carbocycles. The maximum Gasteiger partial charge on any atom is 0.306 e. The first-order valence-electron chi connectivity index (χ1n) is 32.2. The molecule has 0 N–H and O–H groups in total. The van der Waals surface area contributed by atoms with Gasteiger partial charge >= 0.3 is 17.9 Å². The Kier molecular flexibility index (Phi) is 60.8. The van der Waals surface area contributed by atoms with E-state index in [2.05, 4.69) is 118 Å². The van der Waals surface area contributed by atoms with Gasteiger partial charge in [-0.05, 0) is 103 Å². The highest BCUT2D eigenvalue weighted by molar-refractivity contribution is 5.71. The number of carbonyl (C=O) groups excluding carboxylic acids is 3. The monoisotopic (exact) mass is 1060 g/mol. The van der Waals surface area contributed by atoms with E-state index in [-0.39, 0.29) is 31.1 Å². The molecule has 0 aromatic heterocycles. The first-order valence-corrected chi connectivity index (χ1v) is 32.2. The molecule has 76 heavy (non-hydrogen) atoms. The fourth-order valence-corrected chi connectivity index (χ4v) is 9.01. The van der Waals surface area contributed by atoms with Crippen molar-refractivity contribution in [1.82, 2.24) is 0 Å². The van der Waals surface area contributed by atoms with E-state index in [1.165, 1.54) is 161 Å². The van der Waals surface area contributed by atoms with E-state index < -0.39 is 6.10 Å². The van der Waals surface area contributed by atoms with Crippen molar-refractivity contribution in [3.8, 4) is 0 Å². The van der Waals surface area contributed by atoms with Crippen LogP contribution < -0.4 is 0 Å². The Morgan fingerprint density at radius 3 is 0.816 bits per heavy atom. The molecule has 0 heterocycles. The summed E-state index contributed by atoms with van der Waals surface area (Å²) in [4.78, 5) is 38.3. The average molecular weight is 1060 g/mol. The summed E-state index contributed by atoms with van der Waals surface area (Å²) >= 11 is 0. The van der Waals surface area contributed by atoms with Crippen LogP contribution in [0.5, 0.6) is 0 Å². The average Bonchev–Trinajstić information content (AvgIpc) is 3.42. The summed E-state index contributed by atoms with van der Waals surface area (Å²) in [6, 6.07) is 0. The number of carbonyl (C=O) groups is 3. The molecular formula is C70H120O6. The highest BCUT2D eigenvalue weighted by Crippen LogP contribution is 2.16. The van der Waals surface area contributed by atoms with Gasteiger partial charge in [0, 0.05) is 19.3 Å². The van der Waals surface area contributed by atoms with Gasteiger partial charge in [-0.3, -0.25) is 14.4 Å². The standard InChI is InChI=1S/C70H120O6/c1-4-7-10-13-16-19-22-25-27-29-30-31-32-33-34-35-36-37-38-39-40-42-43-45-48-51-54-57-60-63-69(72)75-66-67(65-74-68(71)62-59-56-53-50-47-24-21-18-15-12-9-6-3)76-70(73)64-61-58-55-52-49-46-44-41-28-26-23-20-17-14-11-8-5-2/h7,10,16,19,25-28,30-31,33-34,36-37,39-40,67H,4-6,8-9,11-15,17-18,20-24,29,32,35,38,41-66H2,1-3H3/b10-7-,19-16-,27-25-,28-26-,31-30-,34-33-,37-36-,40-39-. The smallest absolute Gasteiger partial charge is 0.306 e. The maximum absolute atomic E-state index is 12.9. The van der Waals surface area contributed by atoms with Gasteiger partial charge in [0.2, 0.25) is 0 Å². The van der Waals surface area contributed by atoms with E-state index >= 15 is 0 Å². The minimum Gasteiger partial charge on any atom is -0.462 e. The van der Waals surface area contributed by atoms with Crippen molar-refractivity contribution in [2.75, 3.05) is 13.2 Å². The molecule has 0 amide bonds. The summed E-state index contributed by atoms with van der Waals surface area (Å²) < 4.78 is 16.9. The van der Waals surface area contributed by atoms with Crippen molar-refractivity contribution in [3.05, 3.63) is 97.2 Å². The quantitative estimate of drug-likeness (QED) is 0.0261. The predicted octanol–water partition coefficient (Wildman–Crippen LogP) is 22.0. The lowest BCUT2D eigenvalue weighted by Crippen LogP contribution is -2.30. The van der Waals surface area contributed by atoms with Crippen LogP contribution in [0.3, 0.4) is 0 Å². The van der Waals surface area contributed by atoms with Crippen molar-refractivity contribution < 1.29 is 28.6 Å². The summed E-state index contributed by atoms with van der Waals surface area (Å²) in [6.07, 6.45) is 85.5. The second-order valence-electron chi connectivity index (χ2n) is 21.3. The SMILES string of the molecule is CC/C=C\C/C=C\C/C=C\C/C=C\C/C=C\C/C=C\C/C=C\CCCCCCCCCC(=O)OCC(COC(=O)CCCCCCCCCCCCCC)OC(=O)CCCCCCCCC/C=C\CCCCCCCC. The summed E-state index contributed by atoms with van der Waals surface area (Å²) in [5.74, 6) is -0.886. The minimum atomic E-state index is -0.784. The summed E-state index contributed by atoms with van der Waals surface area (Å²) in [6.45, 7) is 6.53. The van der Waals surface area contributed by atoms with Crippen LogP contribution in [0, 0.1) is 0 Å². The number of rotatable bonds is 58. The first-order chi connectivity index (χ1) is 37.5. The topological polar surface area (TPSA) is 78.9 Å². The molecule has 6 nitrogen and oxygen atoms in total. The van der Waals surface area contributed by atoms with E-state index in [0.29, 0.717) is 19.3 Å². The van der Waals surface area contributed by atoms with Crippen LogP contribution in [0.4, 0.5) is 0 Å². The number of unbranched alkanes of at least 4 members (excludes halogenated alkanes) is 31. The Morgan fingerprint density at radius 1 is 0.276 bits per heavy atom. The van der Waals surface area contributed by atoms with Gasteiger partial charge < -0.3 is 14.2 Å². The summed E-state index contributed by atoms with van der Waals surface area (Å²) in [5, 5.41) is 0. The highest BCUT2D eigenvalue weighted by atomic mass is 16.6. The van der Waals surface area contributed by atoms with Gasteiger partial charge in [0.05, 0.1) is 0 Å². The number of hydrogen-bond acceptors (Lipinski definition) is 6. The molecule has 0 saturated heterocycles. The van der Waals surface area contributed by atoms with Gasteiger partial charge in [-0.25, -0.2) is 0 Å². The summed E-state index contributed by atoms with van der Waals surface area (Å²) in [7, 11) is 0. The molecule has 0 rings (SSSR count). The van der Waals surface area contributed by atoms with E-state index in [9.17, 15) is 14.4 Å². The number of allylic oxidation sites excluding steroid dienone is 16. The fourth-order valence-electron chi connectivity index (χ4n) is 9.01. The van der Waals surface area contributed by atoms with E-state index in [4.69, 9.17) is 14.2 Å². The third-order valence-corrected chi connectivity index (χ3v) is 13.8. The van der Waals surface area contributed by atoms with Crippen molar-refractivity contribution in [2.45, 2.75) is 316 Å². The number of hydrogen-bond donors (Lipinski definition) is 0. The maximum atomic E-state index is 12.9. The molecule has 0 aliphatic carbocycles. The van der Waals surface area contributed by atoms with Gasteiger partial charge in [-0.1, -0.05) is 285 Å². The van der Waals surface area contributed by atoms with Crippen molar-refractivity contribution in [2.24, 2.45) is 0 Å². The second kappa shape index (κ2) is 63.9. The third-order valence-electron chi connectivity index (χ3n) is 13.8. The zero-order valence-corrected chi connectivity index (χ0v) is 50.0. The largest absolute Gasteiger partial charge is 0.462 e. The van der Waals surface area contributed by atoms with Crippen LogP contribution in [-0.4, -0.2) is 37.2 Å². The molecule has 436 valence electrons. The normalized spacial score (nSPS) is 12.7. The van der Waals surface area contributed by atoms with Gasteiger partial charge in [0.1, 0.15) is 13.2 Å². The van der Waals surface area contributed by atoms with Gasteiger partial charge in [-0.15, -0.1) is 0 Å². The van der Waals surface area contributed by atoms with Crippen LogP contribution in [0.2, 0.25) is 0 Å². The van der Waals surface area contributed by atoms with E-state index in [1.54, 1.807) is 0 Å². The van der Waals surface area contributed by atoms with Crippen molar-refractivity contribution in [3.63, 3.8) is 0 Å². The Labute approximate surface area is 470 Å². The Morgan fingerprint density at radius 2 is 0.513 bits per heavy atom. The molecule has 0 aliphatic rings. The second-order valence-corrected chi connectivity index (χ2v) is 21.3. The lowest BCUT2D eigenvalue weighted by atomic mass is 10.0. The lowest BCUT2D eigenvalue weighted by molar-refractivity contribution is -0.167. The first kappa shape index (κ1) is 72.3. The molecule has 1 atom stereocenters. The van der Waals surface area contributed by atoms with Gasteiger partial charge in [0.15, 0.2) is 6.10 Å². The lowest BCUT2D eigenvalue weighted by Gasteiger charge is -2.18. The predicted molar refractivity (Wildman–Crippen MR) is 330 cm³/mol. The number of ether oxygens (including phenoxy) is 3. The molecule has 0 spiro atoms. The van der Waals surface area contributed by atoms with E-state index in [1.807, 2.05) is 0 Å². The molecule has 0 aliphatic heterocycles. The van der Waals surface area contributed by atoms with Gasteiger partial charge in [-0.2, -0.15) is 0 Å². The summed E-state index contributed by atoms with van der Waals surface area (Å²) in [5.41, 5.74) is 0. The van der Waals surface area contributed by atoms with Crippen molar-refractivity contribution >= 4 is 17.9 Å². The zero-order chi connectivity index (χ0) is 55.0. The van der Waals surface area contributed by atoms with Crippen LogP contribution in [0.1, 0.15) is 310 Å². The highest BCUT2D eigenvalue weighted by Gasteiger charge is 2.19. The third kappa shape index (κ3) is 61.2. The Balaban J connectivity index is 4.30. The zero-order valence-electron chi connectivity index (χ0n) is 50.0. The molecular weight excluding hydrogens is 937 g/mol. The number of esters is 3. The molecule has 0 aromatic rings. The molecule has 6 heteroatoms. The minimum absolute atomic E-state index is 0.0797. The van der Waals surface area contributed by atoms with Crippen LogP contribution in [-0.2, 0) is 28.6 Å². The molecule has 0 fully saturated rings. The molecule has 0 radical (unpaired) electrons. The molecule has 0 aromatic carbocycles. The fraction of sp³-hybridized carbons (Fsp3) is 0.729. The van der Waals surface area contributed by atoms with Crippen LogP contribution >= 0.6 is 0 Å². The van der Waals surface area contributed by atoms with Crippen molar-refractivity contribution in [1.29, 1.82) is 0 Å². The molecule has 0 bridgehead atoms. The Hall–Kier alpha value is -3.67. The Bertz CT molecular complexity index is 1490. The van der Waals surface area contributed by atoms with E-state index in [0.717, 1.165) is 109 Å². The molecule has 1 unspecified atom stereocenters. The van der Waals surface area contributed by atoms with Gasteiger partial charge in [0.25, 0.3) is 0 Å². The van der Waals surface area contributed by atoms with Crippen LogP contribution in [0.25, 0.3) is 0 Å².